The second-order valence-corrected chi connectivity index (χ2v) is 14.7. The molecule has 4 rings (SSSR count). The molecule has 0 saturated heterocycles. The van der Waals surface area contributed by atoms with Crippen LogP contribution < -0.4 is 33.7 Å². The van der Waals surface area contributed by atoms with Crippen LogP contribution in [0.3, 0.4) is 0 Å². The van der Waals surface area contributed by atoms with Crippen molar-refractivity contribution < 1.29 is 93.6 Å². The number of allylic oxidation sites excluding steroid dienone is 3. The van der Waals surface area contributed by atoms with Gasteiger partial charge in [-0.15, -0.1) is 0 Å². The number of hydrogen-bond acceptors (Lipinski definition) is 11. The summed E-state index contributed by atoms with van der Waals surface area (Å²) in [6.45, 7) is 4.60. The number of rotatable bonds is 17. The van der Waals surface area contributed by atoms with Gasteiger partial charge in [-0.2, -0.15) is 0 Å². The van der Waals surface area contributed by atoms with Crippen molar-refractivity contribution in [1.29, 1.82) is 0 Å². The van der Waals surface area contributed by atoms with Crippen LogP contribution in [0.15, 0.2) is 114 Å². The minimum atomic E-state index is -1.55. The van der Waals surface area contributed by atoms with Crippen LogP contribution in [0.25, 0.3) is 22.3 Å². The topological polar surface area (TPSA) is 169 Å². The summed E-state index contributed by atoms with van der Waals surface area (Å²) in [5.41, 5.74) is 3.04. The number of esters is 3. The number of carboxylic acid groups (broad SMARTS) is 1. The molecule has 4 aromatic rings. The molecule has 0 aromatic heterocycles. The molecule has 1 N–H and O–H groups in total. The fourth-order valence-electron chi connectivity index (χ4n) is 5.64. The van der Waals surface area contributed by atoms with Gasteiger partial charge in [0.15, 0.2) is 11.1 Å². The monoisotopic (exact) mass is 889 g/mol. The van der Waals surface area contributed by atoms with Crippen LogP contribution in [0, 0.1) is 11.6 Å². The van der Waals surface area contributed by atoms with E-state index in [1.165, 1.54) is 70.1 Å². The molecule has 61 heavy (non-hydrogen) atoms. The Morgan fingerprint density at radius 1 is 0.754 bits per heavy atom. The summed E-state index contributed by atoms with van der Waals surface area (Å²) in [5.74, 6) is -3.64. The smallest absolute Gasteiger partial charge is 0.478 e. The maximum Gasteiger partial charge on any atom is 1.00 e. The quantitative estimate of drug-likeness (QED) is 0.0213. The number of methoxy groups -OCH3 is 1. The minimum Gasteiger partial charge on any atom is -0.478 e. The fourth-order valence-corrected chi connectivity index (χ4v) is 6.57. The summed E-state index contributed by atoms with van der Waals surface area (Å²) in [5, 5.41) is 9.61. The Bertz CT molecular complexity index is 2310. The first-order chi connectivity index (χ1) is 28.6. The van der Waals surface area contributed by atoms with Crippen LogP contribution >= 0.6 is 0 Å². The Morgan fingerprint density at radius 2 is 1.31 bits per heavy atom. The molecular formula is C44H44F2NaO12S2+. The van der Waals surface area contributed by atoms with Crippen molar-refractivity contribution in [3.63, 3.8) is 0 Å². The van der Waals surface area contributed by atoms with Gasteiger partial charge in [0, 0.05) is 25.2 Å². The second kappa shape index (κ2) is 26.3. The number of aliphatic carboxylic acids is 1. The van der Waals surface area contributed by atoms with E-state index >= 15 is 0 Å². The Balaban J connectivity index is 0.000000446. The molecule has 0 heterocycles. The predicted octanol–water partition coefficient (Wildman–Crippen LogP) is 5.28. The molecule has 17 heteroatoms. The second-order valence-electron chi connectivity index (χ2n) is 12.4. The third kappa shape index (κ3) is 16.4. The van der Waals surface area contributed by atoms with E-state index in [1.807, 2.05) is 6.92 Å². The van der Waals surface area contributed by atoms with E-state index in [0.717, 1.165) is 0 Å². The third-order valence-electron chi connectivity index (χ3n) is 8.24. The summed E-state index contributed by atoms with van der Waals surface area (Å²) in [6, 6.07) is 23.9. The summed E-state index contributed by atoms with van der Waals surface area (Å²) in [4.78, 5) is 48.3. The van der Waals surface area contributed by atoms with E-state index in [0.29, 0.717) is 50.5 Å². The summed E-state index contributed by atoms with van der Waals surface area (Å²) in [7, 11) is 2.60. The molecule has 0 saturated carbocycles. The minimum absolute atomic E-state index is 0. The molecule has 0 aliphatic rings. The number of carboxylic acids is 1. The molecule has 2 unspecified atom stereocenters. The summed E-state index contributed by atoms with van der Waals surface area (Å²) < 4.78 is 75.6. The summed E-state index contributed by atoms with van der Waals surface area (Å²) >= 11 is -3.09. The van der Waals surface area contributed by atoms with Crippen molar-refractivity contribution in [1.82, 2.24) is 0 Å². The number of ether oxygens (including phenoxy) is 3. The van der Waals surface area contributed by atoms with Crippen molar-refractivity contribution in [2.75, 3.05) is 27.1 Å². The van der Waals surface area contributed by atoms with Gasteiger partial charge >= 0.3 is 53.4 Å². The van der Waals surface area contributed by atoms with Crippen molar-refractivity contribution in [3.8, 4) is 5.75 Å². The van der Waals surface area contributed by atoms with Crippen LogP contribution in [0.5, 0.6) is 5.75 Å². The first-order valence-electron chi connectivity index (χ1n) is 18.1. The normalized spacial score (nSPS) is 12.8. The van der Waals surface area contributed by atoms with E-state index < -0.39 is 57.7 Å². The molecule has 12 nitrogen and oxygen atoms in total. The molecule has 0 aliphatic heterocycles. The Kier molecular flexibility index (Phi) is 22.4. The first-order valence-corrected chi connectivity index (χ1v) is 20.7. The largest absolute Gasteiger partial charge is 1.00 e. The molecule has 0 amide bonds. The van der Waals surface area contributed by atoms with Gasteiger partial charge < -0.3 is 23.5 Å². The average molecular weight is 890 g/mol. The van der Waals surface area contributed by atoms with Gasteiger partial charge in [-0.3, -0.25) is 13.8 Å². The zero-order valence-corrected chi connectivity index (χ0v) is 38.3. The van der Waals surface area contributed by atoms with Crippen molar-refractivity contribution >= 4 is 68.3 Å². The number of carbonyl (C=O) groups is 4. The SMILES string of the molecule is CC/C(=C(\C(=O)O)c1cccc(F)c1)c1ccc(S(=O)OC)cc1.COC(=O)CCCOC(=O)/C(=C(\C(C)=C\OC(C)=O)c1ccc(OS(C)=O)cc1)c1cccc(F)c1.[Na+]. The number of carbonyl (C=O) groups excluding carboxylic acids is 3. The Hall–Kier alpha value is -5.10. The summed E-state index contributed by atoms with van der Waals surface area (Å²) in [6.07, 6.45) is 3.30. The Labute approximate surface area is 380 Å². The van der Waals surface area contributed by atoms with Gasteiger partial charge in [-0.05, 0) is 102 Å². The number of benzene rings is 4. The van der Waals surface area contributed by atoms with Crippen molar-refractivity contribution in [3.05, 3.63) is 143 Å². The maximum absolute atomic E-state index is 14.2. The average Bonchev–Trinajstić information content (AvgIpc) is 3.22. The van der Waals surface area contributed by atoms with Gasteiger partial charge in [-0.25, -0.2) is 26.8 Å². The predicted molar refractivity (Wildman–Crippen MR) is 223 cm³/mol. The van der Waals surface area contributed by atoms with Crippen molar-refractivity contribution in [2.24, 2.45) is 0 Å². The van der Waals surface area contributed by atoms with Gasteiger partial charge in [-0.1, -0.05) is 55.5 Å². The van der Waals surface area contributed by atoms with E-state index in [-0.39, 0.29) is 65.7 Å². The van der Waals surface area contributed by atoms with Crippen LogP contribution in [-0.2, 0) is 59.7 Å². The molecule has 0 fully saturated rings. The maximum atomic E-state index is 14.2. The molecule has 318 valence electrons. The fraction of sp³-hybridized carbons (Fsp3) is 0.227. The molecule has 2 atom stereocenters. The van der Waals surface area contributed by atoms with Crippen LogP contribution in [-0.4, -0.2) is 64.5 Å². The third-order valence-corrected chi connectivity index (χ3v) is 9.62. The molecular weight excluding hydrogens is 846 g/mol. The zero-order chi connectivity index (χ0) is 44.4. The van der Waals surface area contributed by atoms with Gasteiger partial charge in [0.05, 0.1) is 43.1 Å². The molecule has 0 spiro atoms. The molecule has 0 bridgehead atoms. The number of hydrogen-bond donors (Lipinski definition) is 1. The van der Waals surface area contributed by atoms with E-state index in [9.17, 15) is 41.5 Å². The first kappa shape index (κ1) is 52.0. The van der Waals surface area contributed by atoms with E-state index in [1.54, 1.807) is 67.6 Å². The zero-order valence-electron chi connectivity index (χ0n) is 34.7. The molecule has 0 aliphatic carbocycles. The van der Waals surface area contributed by atoms with Gasteiger partial charge in [0.25, 0.3) is 0 Å². The van der Waals surface area contributed by atoms with Crippen LogP contribution in [0.1, 0.15) is 62.3 Å². The van der Waals surface area contributed by atoms with Crippen molar-refractivity contribution in [2.45, 2.75) is 44.9 Å². The Morgan fingerprint density at radius 3 is 1.79 bits per heavy atom. The van der Waals surface area contributed by atoms with E-state index in [4.69, 9.17) is 17.8 Å². The molecule has 4 aromatic carbocycles. The standard InChI is InChI=1S/C26H27FO8S.C18H17FO4S.Na/c1-17(16-34-18(2)28)24(19-10-12-22(13-11-19)35-36(4)31)25(20-7-5-8-21(27)15-20)26(30)33-14-6-9-23(29)32-3;1-3-16(12-7-9-15(10-8-12)24(22)23-2)17(18(20)21)13-5-4-6-14(19)11-13;/h5,7-8,10-13,15-16H,6,9,14H2,1-4H3;4-11H,3H2,1-2H3,(H,20,21);/q;;+1/b17-16+,25-24+;17-16+;. The van der Waals surface area contributed by atoms with Gasteiger partial charge in [0.1, 0.15) is 17.4 Å². The molecule has 0 radical (unpaired) electrons. The van der Waals surface area contributed by atoms with E-state index in [2.05, 4.69) is 4.74 Å². The van der Waals surface area contributed by atoms with Gasteiger partial charge in [0.2, 0.25) is 11.1 Å². The number of halogens is 2. The van der Waals surface area contributed by atoms with Crippen LogP contribution in [0.2, 0.25) is 0 Å². The van der Waals surface area contributed by atoms with Crippen LogP contribution in [0.4, 0.5) is 8.78 Å².